The fourth-order valence-corrected chi connectivity index (χ4v) is 1.43. The van der Waals surface area contributed by atoms with Crippen molar-refractivity contribution < 1.29 is 0 Å². The summed E-state index contributed by atoms with van der Waals surface area (Å²) in [6.45, 7) is 4.23. The Morgan fingerprint density at radius 3 is 2.71 bits per heavy atom. The van der Waals surface area contributed by atoms with E-state index in [2.05, 4.69) is 18.8 Å². The van der Waals surface area contributed by atoms with E-state index in [1.807, 2.05) is 6.21 Å². The van der Waals surface area contributed by atoms with Crippen molar-refractivity contribution in [1.29, 1.82) is 0 Å². The molecule has 1 aliphatic rings. The van der Waals surface area contributed by atoms with Crippen LogP contribution in [0.5, 0.6) is 0 Å². The number of hydrogen-bond acceptors (Lipinski definition) is 1. The summed E-state index contributed by atoms with van der Waals surface area (Å²) in [6, 6.07) is 0. The van der Waals surface area contributed by atoms with Crippen LogP contribution in [0.15, 0.2) is 4.99 Å². The molecule has 1 rings (SSSR count). The van der Waals surface area contributed by atoms with Gasteiger partial charge in [-0.15, -0.1) is 0 Å². The summed E-state index contributed by atoms with van der Waals surface area (Å²) >= 11 is 1.38. The Kier molecular flexibility index (Phi) is 1.28. The zero-order valence-electron chi connectivity index (χ0n) is 4.55. The third-order valence-corrected chi connectivity index (χ3v) is 1.90. The third kappa shape index (κ3) is 1.13. The Morgan fingerprint density at radius 1 is 1.86 bits per heavy atom. The number of rotatable bonds is 0. The summed E-state index contributed by atoms with van der Waals surface area (Å²) in [5, 5.41) is 0.528. The predicted octanol–water partition coefficient (Wildman–Crippen LogP) is 1.07. The van der Waals surface area contributed by atoms with Gasteiger partial charge in [0.2, 0.25) is 0 Å². The molecule has 0 aliphatic carbocycles. The maximum absolute atomic E-state index is 4.14. The van der Waals surface area contributed by atoms with Gasteiger partial charge in [0.05, 0.1) is 5.37 Å². The van der Waals surface area contributed by atoms with E-state index >= 15 is 0 Å². The van der Waals surface area contributed by atoms with E-state index in [0.717, 1.165) is 0 Å². The Bertz CT molecular complexity index is 126. The lowest BCUT2D eigenvalue weighted by atomic mass is 10.5. The third-order valence-electron chi connectivity index (χ3n) is 0.868. The molecule has 7 heavy (non-hydrogen) atoms. The molecular formula is C5H9NS. The molecule has 40 valence electrons. The van der Waals surface area contributed by atoms with E-state index in [9.17, 15) is 0 Å². The Morgan fingerprint density at radius 2 is 2.57 bits per heavy atom. The van der Waals surface area contributed by atoms with Crippen molar-refractivity contribution in [2.45, 2.75) is 19.2 Å². The lowest BCUT2D eigenvalue weighted by Crippen LogP contribution is -1.79. The molecule has 0 fully saturated rings. The molecule has 1 nitrogen and oxygen atoms in total. The Labute approximate surface area is 47.4 Å². The van der Waals surface area contributed by atoms with Crippen LogP contribution in [0.4, 0.5) is 0 Å². The standard InChI is InChI=1S/C5H9NS/c1-4-3-6-5(2)7-4/h3,5,7H,1-2H3. The van der Waals surface area contributed by atoms with Gasteiger partial charge in [0.25, 0.3) is 0 Å². The molecule has 0 radical (unpaired) electrons. The largest absolute Gasteiger partial charge is 0.279 e. The second-order valence-corrected chi connectivity index (χ2v) is 3.39. The predicted molar refractivity (Wildman–Crippen MR) is 37.6 cm³/mol. The molecule has 1 aliphatic heterocycles. The molecule has 2 heteroatoms. The molecule has 0 saturated heterocycles. The Hall–Kier alpha value is -0.110. The van der Waals surface area contributed by atoms with Crippen molar-refractivity contribution in [2.75, 3.05) is 0 Å². The van der Waals surface area contributed by atoms with Crippen LogP contribution in [0.1, 0.15) is 13.8 Å². The van der Waals surface area contributed by atoms with Gasteiger partial charge in [-0.05, 0) is 18.7 Å². The van der Waals surface area contributed by atoms with Crippen molar-refractivity contribution in [1.82, 2.24) is 0 Å². The van der Waals surface area contributed by atoms with E-state index in [-0.39, 0.29) is 0 Å². The topological polar surface area (TPSA) is 12.4 Å². The highest BCUT2D eigenvalue weighted by Gasteiger charge is 1.97. The first kappa shape index (κ1) is 5.04. The average Bonchev–Trinajstić information content (AvgIpc) is 1.87. The second kappa shape index (κ2) is 1.78. The van der Waals surface area contributed by atoms with Gasteiger partial charge in [-0.2, -0.15) is 11.4 Å². The molecular weight excluding hydrogens is 106 g/mol. The smallest absolute Gasteiger partial charge is 0.0853 e. The summed E-state index contributed by atoms with van der Waals surface area (Å²) in [6.07, 6.45) is 1.95. The monoisotopic (exact) mass is 115 g/mol. The SMILES string of the molecule is CC1=[SH]C(C)N=C1. The van der Waals surface area contributed by atoms with Crippen molar-refractivity contribution >= 4 is 22.4 Å². The number of hydrogen-bond donors (Lipinski definition) is 1. The summed E-state index contributed by atoms with van der Waals surface area (Å²) in [5.41, 5.74) is 0. The normalized spacial score (nSPS) is 29.4. The van der Waals surface area contributed by atoms with E-state index in [4.69, 9.17) is 0 Å². The van der Waals surface area contributed by atoms with Gasteiger partial charge in [-0.1, -0.05) is 0 Å². The maximum Gasteiger partial charge on any atom is 0.0853 e. The molecule has 1 heterocycles. The molecule has 0 saturated carbocycles. The highest BCUT2D eigenvalue weighted by atomic mass is 32.1. The van der Waals surface area contributed by atoms with E-state index < -0.39 is 0 Å². The fraction of sp³-hybridized carbons (Fsp3) is 0.600. The summed E-state index contributed by atoms with van der Waals surface area (Å²) in [5.74, 6) is 0. The van der Waals surface area contributed by atoms with Gasteiger partial charge in [0.15, 0.2) is 0 Å². The van der Waals surface area contributed by atoms with Gasteiger partial charge in [-0.25, -0.2) is 0 Å². The lowest BCUT2D eigenvalue weighted by Gasteiger charge is -1.86. The van der Waals surface area contributed by atoms with E-state index in [1.54, 1.807) is 0 Å². The molecule has 0 amide bonds. The maximum atomic E-state index is 4.14. The van der Waals surface area contributed by atoms with Crippen LogP contribution < -0.4 is 0 Å². The zero-order valence-corrected chi connectivity index (χ0v) is 5.44. The van der Waals surface area contributed by atoms with Crippen molar-refractivity contribution in [3.05, 3.63) is 0 Å². The van der Waals surface area contributed by atoms with Gasteiger partial charge in [0.1, 0.15) is 0 Å². The highest BCUT2D eigenvalue weighted by molar-refractivity contribution is 8.00. The molecule has 0 N–H and O–H groups in total. The van der Waals surface area contributed by atoms with E-state index in [0.29, 0.717) is 5.37 Å². The van der Waals surface area contributed by atoms with Gasteiger partial charge < -0.3 is 0 Å². The molecule has 0 spiro atoms. The first-order valence-electron chi connectivity index (χ1n) is 2.36. The summed E-state index contributed by atoms with van der Waals surface area (Å²) < 4.78 is 0. The van der Waals surface area contributed by atoms with Gasteiger partial charge >= 0.3 is 0 Å². The summed E-state index contributed by atoms with van der Waals surface area (Å²) in [7, 11) is 0. The van der Waals surface area contributed by atoms with Crippen LogP contribution >= 0.6 is 11.4 Å². The first-order valence-corrected chi connectivity index (χ1v) is 3.33. The van der Waals surface area contributed by atoms with Crippen LogP contribution in [-0.2, 0) is 0 Å². The number of nitrogens with zero attached hydrogens (tertiary/aromatic N) is 1. The lowest BCUT2D eigenvalue weighted by molar-refractivity contribution is 1.07. The van der Waals surface area contributed by atoms with Crippen LogP contribution in [0.25, 0.3) is 0 Å². The van der Waals surface area contributed by atoms with Crippen LogP contribution in [0, 0.1) is 0 Å². The molecule has 0 aromatic rings. The quantitative estimate of drug-likeness (QED) is 0.358. The molecule has 1 unspecified atom stereocenters. The molecule has 0 aromatic carbocycles. The number of thiol groups is 1. The zero-order chi connectivity index (χ0) is 5.28. The molecule has 0 aromatic heterocycles. The summed E-state index contributed by atoms with van der Waals surface area (Å²) in [4.78, 5) is 5.52. The van der Waals surface area contributed by atoms with Crippen LogP contribution in [0.3, 0.4) is 0 Å². The fourth-order valence-electron chi connectivity index (χ4n) is 0.577. The minimum absolute atomic E-state index is 0.528. The minimum atomic E-state index is 0.528. The van der Waals surface area contributed by atoms with Crippen molar-refractivity contribution in [2.24, 2.45) is 4.99 Å². The van der Waals surface area contributed by atoms with Crippen LogP contribution in [-0.4, -0.2) is 16.5 Å². The first-order chi connectivity index (χ1) is 3.29. The van der Waals surface area contributed by atoms with Gasteiger partial charge in [-0.3, -0.25) is 4.99 Å². The highest BCUT2D eigenvalue weighted by Crippen LogP contribution is 2.07. The molecule has 1 atom stereocenters. The minimum Gasteiger partial charge on any atom is -0.279 e. The van der Waals surface area contributed by atoms with Gasteiger partial charge in [0, 0.05) is 6.21 Å². The second-order valence-electron chi connectivity index (χ2n) is 1.68. The number of aliphatic imine (C=N–C) groups is 1. The average molecular weight is 115 g/mol. The van der Waals surface area contributed by atoms with Crippen LogP contribution in [0.2, 0.25) is 0 Å². The Balaban J connectivity index is 2.69. The van der Waals surface area contributed by atoms with E-state index in [1.165, 1.54) is 16.2 Å². The molecule has 0 bridgehead atoms. The van der Waals surface area contributed by atoms with Crippen molar-refractivity contribution in [3.63, 3.8) is 0 Å². The van der Waals surface area contributed by atoms with Crippen molar-refractivity contribution in [3.8, 4) is 0 Å².